The number of ketones is 1. The number of alkyl halides is 1. The van der Waals surface area contributed by atoms with Crippen LogP contribution in [0.3, 0.4) is 0 Å². The number of halogens is 1. The number of para-hydroxylation sites is 1. The van der Waals surface area contributed by atoms with Crippen molar-refractivity contribution in [1.82, 2.24) is 0 Å². The molecule has 2 aromatic rings. The van der Waals surface area contributed by atoms with E-state index in [0.29, 0.717) is 28.5 Å². The third-order valence-corrected chi connectivity index (χ3v) is 4.38. The van der Waals surface area contributed by atoms with Gasteiger partial charge < -0.3 is 19.1 Å². The Kier molecular flexibility index (Phi) is 6.63. The minimum Gasteiger partial charge on any atom is -0.496 e. The van der Waals surface area contributed by atoms with Gasteiger partial charge >= 0.3 is 0 Å². The molecule has 0 aliphatic carbocycles. The maximum Gasteiger partial charge on any atom is 0.224 e. The largest absolute Gasteiger partial charge is 0.496 e. The van der Waals surface area contributed by atoms with E-state index in [0.717, 1.165) is 0 Å². The maximum atomic E-state index is 13.3. The molecule has 0 saturated carbocycles. The van der Waals surface area contributed by atoms with E-state index in [4.69, 9.17) is 14.2 Å². The van der Waals surface area contributed by atoms with Gasteiger partial charge in [0.2, 0.25) is 11.7 Å². The van der Waals surface area contributed by atoms with Gasteiger partial charge in [0.1, 0.15) is 22.8 Å². The molecular formula is C19H20BrNO5. The number of benzene rings is 2. The van der Waals surface area contributed by atoms with E-state index in [-0.39, 0.29) is 22.7 Å². The number of hydrogen-bond acceptors (Lipinski definition) is 5. The van der Waals surface area contributed by atoms with Crippen LogP contribution in [0.4, 0.5) is 5.69 Å². The number of methoxy groups -OCH3 is 3. The third-order valence-electron chi connectivity index (χ3n) is 3.88. The molecule has 2 rings (SSSR count). The van der Waals surface area contributed by atoms with Crippen molar-refractivity contribution < 1.29 is 23.8 Å². The molecule has 6 nitrogen and oxygen atoms in total. The molecule has 0 atom stereocenters. The summed E-state index contributed by atoms with van der Waals surface area (Å²) in [6, 6.07) is 10.1. The molecular weight excluding hydrogens is 402 g/mol. The highest BCUT2D eigenvalue weighted by Crippen LogP contribution is 2.37. The van der Waals surface area contributed by atoms with Crippen LogP contribution in [0, 0.1) is 0 Å². The van der Waals surface area contributed by atoms with Crippen molar-refractivity contribution in [3.63, 3.8) is 0 Å². The van der Waals surface area contributed by atoms with Crippen molar-refractivity contribution >= 4 is 33.3 Å². The third kappa shape index (κ3) is 3.83. The van der Waals surface area contributed by atoms with Crippen LogP contribution < -0.4 is 19.1 Å². The van der Waals surface area contributed by atoms with Gasteiger partial charge in [0, 0.05) is 24.6 Å². The average Bonchev–Trinajstić information content (AvgIpc) is 2.66. The Morgan fingerprint density at radius 1 is 1.00 bits per heavy atom. The van der Waals surface area contributed by atoms with E-state index in [1.165, 1.54) is 33.2 Å². The van der Waals surface area contributed by atoms with Gasteiger partial charge in [-0.3, -0.25) is 9.59 Å². The number of rotatable bonds is 7. The molecule has 0 heterocycles. The van der Waals surface area contributed by atoms with E-state index in [2.05, 4.69) is 15.9 Å². The quantitative estimate of drug-likeness (QED) is 0.387. The van der Waals surface area contributed by atoms with Crippen molar-refractivity contribution in [2.45, 2.75) is 6.92 Å². The lowest BCUT2D eigenvalue weighted by Gasteiger charge is -2.22. The molecule has 0 radical (unpaired) electrons. The molecule has 0 aliphatic heterocycles. The molecule has 0 fully saturated rings. The number of hydrogen-bond donors (Lipinski definition) is 0. The summed E-state index contributed by atoms with van der Waals surface area (Å²) in [5, 5.41) is 0. The van der Waals surface area contributed by atoms with Gasteiger partial charge in [-0.05, 0) is 12.1 Å². The Labute approximate surface area is 160 Å². The minimum atomic E-state index is -0.316. The fourth-order valence-electron chi connectivity index (χ4n) is 2.58. The predicted molar refractivity (Wildman–Crippen MR) is 103 cm³/mol. The van der Waals surface area contributed by atoms with Gasteiger partial charge in [-0.1, -0.05) is 28.1 Å². The first-order chi connectivity index (χ1) is 12.5. The van der Waals surface area contributed by atoms with E-state index >= 15 is 0 Å². The Balaban J connectivity index is 2.66. The van der Waals surface area contributed by atoms with Crippen molar-refractivity contribution in [3.05, 3.63) is 47.5 Å². The van der Waals surface area contributed by atoms with Crippen molar-refractivity contribution in [2.24, 2.45) is 0 Å². The van der Waals surface area contributed by atoms with Gasteiger partial charge in [0.25, 0.3) is 0 Å². The van der Waals surface area contributed by atoms with Crippen LogP contribution in [-0.2, 0) is 4.79 Å². The Morgan fingerprint density at radius 3 is 2.04 bits per heavy atom. The average molecular weight is 422 g/mol. The van der Waals surface area contributed by atoms with Gasteiger partial charge in [0.05, 0.1) is 32.5 Å². The maximum absolute atomic E-state index is 13.3. The lowest BCUT2D eigenvalue weighted by molar-refractivity contribution is -0.116. The molecule has 0 spiro atoms. The summed E-state index contributed by atoms with van der Waals surface area (Å²) in [6.07, 6.45) is 0. The van der Waals surface area contributed by atoms with Gasteiger partial charge in [-0.25, -0.2) is 0 Å². The molecule has 2 aromatic carbocycles. The lowest BCUT2D eigenvalue weighted by atomic mass is 9.99. The zero-order chi connectivity index (χ0) is 19.3. The molecule has 0 aliphatic rings. The first kappa shape index (κ1) is 19.8. The van der Waals surface area contributed by atoms with Crippen molar-refractivity contribution in [3.8, 4) is 17.2 Å². The number of carbonyl (C=O) groups excluding carboxylic acids is 2. The van der Waals surface area contributed by atoms with Crippen LogP contribution in [0.25, 0.3) is 0 Å². The van der Waals surface area contributed by atoms with E-state index in [1.54, 1.807) is 36.4 Å². The van der Waals surface area contributed by atoms with Crippen molar-refractivity contribution in [2.75, 3.05) is 31.7 Å². The molecule has 1 amide bonds. The van der Waals surface area contributed by atoms with Crippen LogP contribution in [0.2, 0.25) is 0 Å². The zero-order valence-corrected chi connectivity index (χ0v) is 16.6. The Hall–Kier alpha value is -2.54. The fraction of sp³-hybridized carbons (Fsp3) is 0.263. The van der Waals surface area contributed by atoms with Gasteiger partial charge in [-0.2, -0.15) is 0 Å². The second kappa shape index (κ2) is 8.71. The summed E-state index contributed by atoms with van der Waals surface area (Å²) in [4.78, 5) is 26.7. The first-order valence-electron chi connectivity index (χ1n) is 7.76. The molecule has 0 bridgehead atoms. The second-order valence-electron chi connectivity index (χ2n) is 5.32. The number of carbonyl (C=O) groups is 2. The SMILES string of the molecule is COc1cc(OC)c(C(=O)c2ccccc2N(CBr)C(C)=O)c(OC)c1. The zero-order valence-electron chi connectivity index (χ0n) is 15.0. The van der Waals surface area contributed by atoms with Gasteiger partial charge in [-0.15, -0.1) is 0 Å². The topological polar surface area (TPSA) is 65.1 Å². The summed E-state index contributed by atoms with van der Waals surface area (Å²) in [7, 11) is 4.46. The monoisotopic (exact) mass is 421 g/mol. The molecule has 7 heteroatoms. The van der Waals surface area contributed by atoms with Gasteiger partial charge in [0.15, 0.2) is 0 Å². The molecule has 26 heavy (non-hydrogen) atoms. The van der Waals surface area contributed by atoms with Crippen molar-refractivity contribution in [1.29, 1.82) is 0 Å². The van der Waals surface area contributed by atoms with E-state index in [1.807, 2.05) is 0 Å². The predicted octanol–water partition coefficient (Wildman–Crippen LogP) is 3.65. The second-order valence-corrected chi connectivity index (χ2v) is 5.82. The number of amides is 1. The van der Waals surface area contributed by atoms with Crippen LogP contribution in [0.1, 0.15) is 22.8 Å². The normalized spacial score (nSPS) is 10.2. The number of ether oxygens (including phenoxy) is 3. The van der Waals surface area contributed by atoms with Crippen LogP contribution in [0.5, 0.6) is 17.2 Å². The highest BCUT2D eigenvalue weighted by atomic mass is 79.9. The van der Waals surface area contributed by atoms with E-state index < -0.39 is 0 Å². The molecule has 138 valence electrons. The summed E-state index contributed by atoms with van der Waals surface area (Å²) < 4.78 is 16.0. The van der Waals surface area contributed by atoms with Crippen LogP contribution in [-0.4, -0.2) is 38.5 Å². The van der Waals surface area contributed by atoms with Crippen LogP contribution >= 0.6 is 15.9 Å². The molecule has 0 aromatic heterocycles. The molecule has 0 unspecified atom stereocenters. The Bertz CT molecular complexity index is 796. The molecule has 0 saturated heterocycles. The summed E-state index contributed by atoms with van der Waals surface area (Å²) in [5.74, 6) is 0.665. The highest BCUT2D eigenvalue weighted by Gasteiger charge is 2.25. The molecule has 0 N–H and O–H groups in total. The summed E-state index contributed by atoms with van der Waals surface area (Å²) in [5.41, 5.74) is 1.40. The first-order valence-corrected chi connectivity index (χ1v) is 8.88. The smallest absolute Gasteiger partial charge is 0.224 e. The summed E-state index contributed by atoms with van der Waals surface area (Å²) >= 11 is 3.30. The lowest BCUT2D eigenvalue weighted by Crippen LogP contribution is -2.28. The highest BCUT2D eigenvalue weighted by molar-refractivity contribution is 9.09. The van der Waals surface area contributed by atoms with E-state index in [9.17, 15) is 9.59 Å². The number of anilines is 1. The summed E-state index contributed by atoms with van der Waals surface area (Å²) in [6.45, 7) is 1.44. The minimum absolute atomic E-state index is 0.184. The standard InChI is InChI=1S/C19H20BrNO5/c1-12(22)21(11-20)15-8-6-5-7-14(15)19(23)18-16(25-3)9-13(24-2)10-17(18)26-4/h5-10H,11H2,1-4H3. The number of nitrogens with zero attached hydrogens (tertiary/aromatic N) is 1. The Morgan fingerprint density at radius 2 is 1.58 bits per heavy atom. The fourth-order valence-corrected chi connectivity index (χ4v) is 3.21. The van der Waals surface area contributed by atoms with Crippen LogP contribution in [0.15, 0.2) is 36.4 Å².